The monoisotopic (exact) mass is 477 g/mol. The molecule has 1 nitrogen and oxygen atoms in total. The highest BCUT2D eigenvalue weighted by Crippen LogP contribution is 2.61. The molecule has 4 aromatic rings. The Morgan fingerprint density at radius 1 is 0.571 bits per heavy atom. The predicted molar refractivity (Wildman–Crippen MR) is 151 cm³/mol. The summed E-state index contributed by atoms with van der Waals surface area (Å²) in [7, 11) is 0. The van der Waals surface area contributed by atoms with E-state index in [0.717, 1.165) is 23.5 Å². The third-order valence-corrected chi connectivity index (χ3v) is 6.76. The molecule has 0 heterocycles. The van der Waals surface area contributed by atoms with Gasteiger partial charge in [0.15, 0.2) is 0 Å². The van der Waals surface area contributed by atoms with Crippen LogP contribution in [0.25, 0.3) is 11.1 Å². The Kier molecular flexibility index (Phi) is 2.40. The normalized spacial score (nSPS) is 26.9. The van der Waals surface area contributed by atoms with E-state index in [-0.39, 0.29) is 5.56 Å². The standard InChI is InChI=1S/C34H37N/c1-24-22-28(35(26-14-10-8-11-15-26)27-16-12-9-13-17-27)19-20-29(24)25-18-21-30-31(23-25)33(4,5)34(6,7)32(30,2)3/h8-23H,1-7H3/i2D3,3D3,4D3,5D3,6D3,7D3. The fourth-order valence-electron chi connectivity index (χ4n) is 4.75. The number of hydrogen-bond acceptors (Lipinski definition) is 1. The van der Waals surface area contributed by atoms with Gasteiger partial charge in [-0.15, -0.1) is 0 Å². The van der Waals surface area contributed by atoms with Crippen LogP contribution in [0.2, 0.25) is 0 Å². The molecule has 0 saturated carbocycles. The first kappa shape index (κ1) is 10.3. The van der Waals surface area contributed by atoms with Crippen LogP contribution in [-0.2, 0) is 10.8 Å². The van der Waals surface area contributed by atoms with Gasteiger partial charge >= 0.3 is 0 Å². The summed E-state index contributed by atoms with van der Waals surface area (Å²) in [5.74, 6) is 0. The van der Waals surface area contributed by atoms with E-state index in [0.29, 0.717) is 16.8 Å². The van der Waals surface area contributed by atoms with Crippen molar-refractivity contribution in [3.8, 4) is 11.1 Å². The van der Waals surface area contributed by atoms with Gasteiger partial charge in [-0.3, -0.25) is 0 Å². The summed E-state index contributed by atoms with van der Waals surface area (Å²) in [6.45, 7) is -23.3. The van der Waals surface area contributed by atoms with E-state index in [1.807, 2.05) is 65.6 Å². The largest absolute Gasteiger partial charge is 0.310 e. The Morgan fingerprint density at radius 3 is 1.71 bits per heavy atom. The van der Waals surface area contributed by atoms with Gasteiger partial charge < -0.3 is 4.90 Å². The van der Waals surface area contributed by atoms with Crippen molar-refractivity contribution < 1.29 is 24.7 Å². The number of hydrogen-bond donors (Lipinski definition) is 0. The molecule has 0 N–H and O–H groups in total. The van der Waals surface area contributed by atoms with E-state index in [4.69, 9.17) is 24.7 Å². The van der Waals surface area contributed by atoms with Crippen molar-refractivity contribution >= 4 is 17.1 Å². The third kappa shape index (κ3) is 3.52. The number of nitrogens with zero attached hydrogens (tertiary/aromatic N) is 1. The Morgan fingerprint density at radius 2 is 1.17 bits per heavy atom. The maximum absolute atomic E-state index is 8.72. The molecule has 0 bridgehead atoms. The molecule has 4 aromatic carbocycles. The van der Waals surface area contributed by atoms with Crippen LogP contribution >= 0.6 is 0 Å². The van der Waals surface area contributed by atoms with Crippen LogP contribution in [0.5, 0.6) is 0 Å². The minimum atomic E-state index is -4.43. The van der Waals surface area contributed by atoms with Gasteiger partial charge in [0.05, 0.1) is 0 Å². The van der Waals surface area contributed by atoms with Crippen LogP contribution in [0, 0.1) is 12.3 Å². The molecular formula is C34H37N. The molecular weight excluding hydrogens is 422 g/mol. The Bertz CT molecular complexity index is 1880. The fraction of sp³-hybridized carbons (Fsp3) is 0.294. The second kappa shape index (κ2) is 8.12. The summed E-state index contributed by atoms with van der Waals surface area (Å²) in [6, 6.07) is 27.1. The lowest BCUT2D eigenvalue weighted by Gasteiger charge is -2.44. The van der Waals surface area contributed by atoms with E-state index in [9.17, 15) is 0 Å². The average Bonchev–Trinajstić information content (AvgIpc) is 3.30. The van der Waals surface area contributed by atoms with Crippen molar-refractivity contribution in [2.45, 2.75) is 58.9 Å². The summed E-state index contributed by atoms with van der Waals surface area (Å²) < 4.78 is 156. The zero-order valence-electron chi connectivity index (χ0n) is 37.2. The number of para-hydroxylation sites is 2. The van der Waals surface area contributed by atoms with Crippen LogP contribution in [0.4, 0.5) is 17.1 Å². The number of rotatable bonds is 4. The summed E-state index contributed by atoms with van der Waals surface area (Å²) in [5, 5.41) is 0. The molecule has 0 amide bonds. The van der Waals surface area contributed by atoms with Crippen LogP contribution < -0.4 is 4.90 Å². The lowest BCUT2D eigenvalue weighted by atomic mass is 9.59. The van der Waals surface area contributed by atoms with Crippen molar-refractivity contribution in [2.24, 2.45) is 5.41 Å². The zero-order valence-corrected chi connectivity index (χ0v) is 19.2. The highest BCUT2D eigenvalue weighted by molar-refractivity contribution is 5.80. The van der Waals surface area contributed by atoms with Crippen molar-refractivity contribution in [3.63, 3.8) is 0 Å². The summed E-state index contributed by atoms with van der Waals surface area (Å²) >= 11 is 0. The lowest BCUT2D eigenvalue weighted by Crippen LogP contribution is -2.42. The number of aryl methyl sites for hydroxylation is 1. The van der Waals surface area contributed by atoms with Gasteiger partial charge in [0.1, 0.15) is 0 Å². The first-order chi connectivity index (χ1) is 24.1. The van der Waals surface area contributed by atoms with Gasteiger partial charge in [-0.1, -0.05) is 102 Å². The van der Waals surface area contributed by atoms with E-state index < -0.39 is 68.5 Å². The molecule has 5 rings (SSSR count). The lowest BCUT2D eigenvalue weighted by molar-refractivity contribution is 0.125. The molecule has 1 aliphatic rings. The molecule has 0 atom stereocenters. The molecule has 0 aromatic heterocycles. The quantitative estimate of drug-likeness (QED) is 0.283. The molecule has 0 unspecified atom stereocenters. The maximum atomic E-state index is 8.72. The Balaban J connectivity index is 1.93. The maximum Gasteiger partial charge on any atom is 0.0464 e. The minimum Gasteiger partial charge on any atom is -0.310 e. The van der Waals surface area contributed by atoms with Crippen LogP contribution in [-0.4, -0.2) is 0 Å². The van der Waals surface area contributed by atoms with Crippen molar-refractivity contribution in [1.82, 2.24) is 0 Å². The minimum absolute atomic E-state index is 0.0773. The van der Waals surface area contributed by atoms with E-state index in [1.54, 1.807) is 25.1 Å². The third-order valence-electron chi connectivity index (χ3n) is 6.76. The first-order valence-corrected chi connectivity index (χ1v) is 11.2. The Labute approximate surface area is 236 Å². The molecule has 35 heavy (non-hydrogen) atoms. The molecule has 1 heteroatoms. The number of anilines is 3. The van der Waals surface area contributed by atoms with Crippen LogP contribution in [0.3, 0.4) is 0 Å². The van der Waals surface area contributed by atoms with Crippen LogP contribution in [0.1, 0.15) is 82.5 Å². The second-order valence-electron chi connectivity index (χ2n) is 9.02. The van der Waals surface area contributed by atoms with Crippen molar-refractivity contribution in [2.75, 3.05) is 4.90 Å². The van der Waals surface area contributed by atoms with E-state index in [2.05, 4.69) is 0 Å². The number of benzene rings is 4. The van der Waals surface area contributed by atoms with Gasteiger partial charge in [0.2, 0.25) is 0 Å². The topological polar surface area (TPSA) is 3.24 Å². The Hall–Kier alpha value is -3.32. The van der Waals surface area contributed by atoms with Crippen molar-refractivity contribution in [1.29, 1.82) is 0 Å². The molecule has 0 aliphatic heterocycles. The smallest absolute Gasteiger partial charge is 0.0464 e. The predicted octanol–water partition coefficient (Wildman–Crippen LogP) is 9.73. The highest BCUT2D eigenvalue weighted by Gasteiger charge is 2.56. The van der Waals surface area contributed by atoms with Gasteiger partial charge in [0.25, 0.3) is 0 Å². The second-order valence-corrected chi connectivity index (χ2v) is 9.02. The van der Waals surface area contributed by atoms with Crippen molar-refractivity contribution in [3.05, 3.63) is 114 Å². The summed E-state index contributed by atoms with van der Waals surface area (Å²) in [4.78, 5) is 1.97. The van der Waals surface area contributed by atoms with Crippen LogP contribution in [0.15, 0.2) is 97.1 Å². The highest BCUT2D eigenvalue weighted by atomic mass is 15.1. The van der Waals surface area contributed by atoms with E-state index >= 15 is 0 Å². The fourth-order valence-corrected chi connectivity index (χ4v) is 4.75. The van der Waals surface area contributed by atoms with Gasteiger partial charge in [0, 0.05) is 41.7 Å². The average molecular weight is 478 g/mol. The zero-order chi connectivity index (χ0) is 40.0. The SMILES string of the molecule is [2H]C([2H])([2H])C1(C([2H])([2H])[2H])c2ccc(-c3ccc(N(c4ccccc4)c4ccccc4)cc3C)cc2C(C([2H])([2H])[2H])(C([2H])([2H])[2H])C1(C([2H])([2H])[2H])C([2H])([2H])[2H]. The van der Waals surface area contributed by atoms with Gasteiger partial charge in [-0.2, -0.15) is 0 Å². The molecule has 1 aliphatic carbocycles. The molecule has 0 radical (unpaired) electrons. The molecule has 0 spiro atoms. The molecule has 0 fully saturated rings. The summed E-state index contributed by atoms with van der Waals surface area (Å²) in [5.41, 5.74) is -11.2. The van der Waals surface area contributed by atoms with E-state index in [1.165, 1.54) is 6.07 Å². The first-order valence-electron chi connectivity index (χ1n) is 20.2. The summed E-state index contributed by atoms with van der Waals surface area (Å²) in [6.07, 6.45) is 0. The molecule has 0 saturated heterocycles. The van der Waals surface area contributed by atoms with Gasteiger partial charge in [-0.05, 0) is 87.4 Å². The molecule has 178 valence electrons. The number of fused-ring (bicyclic) bond motifs is 1. The van der Waals surface area contributed by atoms with Gasteiger partial charge in [-0.25, -0.2) is 0 Å².